The molecule has 0 saturated heterocycles. The van der Waals surface area contributed by atoms with Crippen molar-refractivity contribution in [2.75, 3.05) is 5.75 Å². The fraction of sp³-hybridized carbons (Fsp3) is 0.375. The van der Waals surface area contributed by atoms with Crippen molar-refractivity contribution in [3.8, 4) is 0 Å². The minimum atomic E-state index is -0.139. The van der Waals surface area contributed by atoms with E-state index < -0.39 is 0 Å². The van der Waals surface area contributed by atoms with Crippen molar-refractivity contribution in [2.24, 2.45) is 5.84 Å². The molecule has 14 heavy (non-hydrogen) atoms. The smallest absolute Gasteiger partial charge is 0.233 e. The van der Waals surface area contributed by atoms with Gasteiger partial charge in [-0.25, -0.2) is 15.8 Å². The van der Waals surface area contributed by atoms with Crippen LogP contribution >= 0.6 is 11.8 Å². The number of rotatable bonds is 5. The first kappa shape index (κ1) is 10.9. The summed E-state index contributed by atoms with van der Waals surface area (Å²) in [5.74, 6) is 5.61. The molecule has 0 fully saturated rings. The molecular weight excluding hydrogens is 200 g/mol. The second kappa shape index (κ2) is 6.33. The summed E-state index contributed by atoms with van der Waals surface area (Å²) in [6, 6.07) is 1.77. The molecule has 1 heterocycles. The normalized spacial score (nSPS) is 9.79. The zero-order valence-electron chi connectivity index (χ0n) is 7.64. The minimum absolute atomic E-state index is 0.139. The van der Waals surface area contributed by atoms with Crippen molar-refractivity contribution in [1.29, 1.82) is 0 Å². The quantitative estimate of drug-likeness (QED) is 0.184. The molecule has 0 aliphatic rings. The number of carbonyl (C=O) groups excluding carboxylic acids is 1. The Balaban J connectivity index is 2.13. The van der Waals surface area contributed by atoms with Crippen LogP contribution in [-0.2, 0) is 4.79 Å². The summed E-state index contributed by atoms with van der Waals surface area (Å²) in [6.45, 7) is 0. The van der Waals surface area contributed by atoms with E-state index in [1.807, 2.05) is 0 Å². The van der Waals surface area contributed by atoms with Gasteiger partial charge < -0.3 is 0 Å². The molecule has 0 aromatic carbocycles. The standard InChI is InChI=1S/C8H12N4OS/c9-12-7(13)3-1-6-14-8-10-4-2-5-11-8/h2,4-5H,1,3,6,9H2,(H,12,13). The van der Waals surface area contributed by atoms with Crippen molar-refractivity contribution in [3.63, 3.8) is 0 Å². The highest BCUT2D eigenvalue weighted by Crippen LogP contribution is 2.12. The summed E-state index contributed by atoms with van der Waals surface area (Å²) in [5.41, 5.74) is 2.08. The third-order valence-electron chi connectivity index (χ3n) is 1.48. The van der Waals surface area contributed by atoms with Crippen LogP contribution in [0, 0.1) is 0 Å². The number of aromatic nitrogens is 2. The lowest BCUT2D eigenvalue weighted by Gasteiger charge is -1.99. The average molecular weight is 212 g/mol. The first-order valence-corrected chi connectivity index (χ1v) is 5.21. The molecule has 76 valence electrons. The Morgan fingerprint density at radius 1 is 1.50 bits per heavy atom. The maximum atomic E-state index is 10.7. The third-order valence-corrected chi connectivity index (χ3v) is 2.44. The largest absolute Gasteiger partial charge is 0.294 e. The van der Waals surface area contributed by atoms with Crippen LogP contribution in [0.15, 0.2) is 23.6 Å². The topological polar surface area (TPSA) is 80.9 Å². The minimum Gasteiger partial charge on any atom is -0.294 e. The number of hydrogen-bond donors (Lipinski definition) is 2. The maximum Gasteiger partial charge on any atom is 0.233 e. The maximum absolute atomic E-state index is 10.7. The lowest BCUT2D eigenvalue weighted by atomic mass is 10.3. The van der Waals surface area contributed by atoms with Crippen molar-refractivity contribution >= 4 is 17.7 Å². The van der Waals surface area contributed by atoms with E-state index in [1.54, 1.807) is 18.5 Å². The SMILES string of the molecule is NNC(=O)CCCSc1ncccn1. The average Bonchev–Trinajstić information content (AvgIpc) is 2.25. The zero-order valence-corrected chi connectivity index (χ0v) is 8.46. The molecule has 3 N–H and O–H groups in total. The summed E-state index contributed by atoms with van der Waals surface area (Å²) in [5, 5.41) is 0.737. The summed E-state index contributed by atoms with van der Waals surface area (Å²) in [4.78, 5) is 18.8. The van der Waals surface area contributed by atoms with Gasteiger partial charge in [-0.2, -0.15) is 0 Å². The summed E-state index contributed by atoms with van der Waals surface area (Å²) in [7, 11) is 0. The lowest BCUT2D eigenvalue weighted by Crippen LogP contribution is -2.29. The second-order valence-electron chi connectivity index (χ2n) is 2.55. The van der Waals surface area contributed by atoms with Crippen LogP contribution in [0.2, 0.25) is 0 Å². The van der Waals surface area contributed by atoms with Gasteiger partial charge in [0.15, 0.2) is 5.16 Å². The number of carbonyl (C=O) groups is 1. The number of nitrogens with zero attached hydrogens (tertiary/aromatic N) is 2. The molecule has 0 aliphatic carbocycles. The van der Waals surface area contributed by atoms with Gasteiger partial charge >= 0.3 is 0 Å². The molecule has 1 rings (SSSR count). The van der Waals surface area contributed by atoms with E-state index in [0.717, 1.165) is 17.3 Å². The number of nitrogens with one attached hydrogen (secondary N) is 1. The van der Waals surface area contributed by atoms with Crippen LogP contribution < -0.4 is 11.3 Å². The number of nitrogens with two attached hydrogens (primary N) is 1. The van der Waals surface area contributed by atoms with Crippen molar-refractivity contribution in [1.82, 2.24) is 15.4 Å². The lowest BCUT2D eigenvalue weighted by molar-refractivity contribution is -0.121. The Morgan fingerprint density at radius 2 is 2.21 bits per heavy atom. The highest BCUT2D eigenvalue weighted by molar-refractivity contribution is 7.99. The van der Waals surface area contributed by atoms with E-state index in [9.17, 15) is 4.79 Å². The van der Waals surface area contributed by atoms with Gasteiger partial charge in [0.2, 0.25) is 5.91 Å². The Bertz CT molecular complexity index is 280. The Morgan fingerprint density at radius 3 is 2.86 bits per heavy atom. The van der Waals surface area contributed by atoms with E-state index in [0.29, 0.717) is 6.42 Å². The number of amides is 1. The zero-order chi connectivity index (χ0) is 10.2. The van der Waals surface area contributed by atoms with Crippen LogP contribution in [0.1, 0.15) is 12.8 Å². The molecule has 5 nitrogen and oxygen atoms in total. The first-order chi connectivity index (χ1) is 6.83. The van der Waals surface area contributed by atoms with Gasteiger partial charge in [0.25, 0.3) is 0 Å². The van der Waals surface area contributed by atoms with Crippen molar-refractivity contribution in [2.45, 2.75) is 18.0 Å². The van der Waals surface area contributed by atoms with Crippen LogP contribution in [0.3, 0.4) is 0 Å². The molecule has 0 atom stereocenters. The van der Waals surface area contributed by atoms with E-state index in [2.05, 4.69) is 15.4 Å². The third kappa shape index (κ3) is 4.20. The van der Waals surface area contributed by atoms with Gasteiger partial charge in [0.05, 0.1) is 0 Å². The number of hydrazine groups is 1. The van der Waals surface area contributed by atoms with E-state index in [1.165, 1.54) is 11.8 Å². The van der Waals surface area contributed by atoms with Crippen LogP contribution in [0.25, 0.3) is 0 Å². The molecule has 0 radical (unpaired) electrons. The molecule has 6 heteroatoms. The Labute approximate surface area is 86.5 Å². The van der Waals surface area contributed by atoms with Gasteiger partial charge in [0.1, 0.15) is 0 Å². The molecule has 1 amide bonds. The number of thioether (sulfide) groups is 1. The molecule has 0 bridgehead atoms. The van der Waals surface area contributed by atoms with Crippen LogP contribution in [0.4, 0.5) is 0 Å². The van der Waals surface area contributed by atoms with E-state index in [4.69, 9.17) is 5.84 Å². The highest BCUT2D eigenvalue weighted by atomic mass is 32.2. The van der Waals surface area contributed by atoms with E-state index >= 15 is 0 Å². The summed E-state index contributed by atoms with van der Waals surface area (Å²) >= 11 is 1.53. The summed E-state index contributed by atoms with van der Waals surface area (Å²) in [6.07, 6.45) is 4.60. The fourth-order valence-corrected chi connectivity index (χ4v) is 1.57. The predicted molar refractivity (Wildman–Crippen MR) is 54.3 cm³/mol. The molecule has 1 aromatic heterocycles. The Hall–Kier alpha value is -1.14. The van der Waals surface area contributed by atoms with Crippen molar-refractivity contribution in [3.05, 3.63) is 18.5 Å². The van der Waals surface area contributed by atoms with Gasteiger partial charge in [-0.05, 0) is 12.5 Å². The van der Waals surface area contributed by atoms with Gasteiger partial charge in [0, 0.05) is 24.6 Å². The van der Waals surface area contributed by atoms with Gasteiger partial charge in [-0.15, -0.1) is 0 Å². The molecule has 1 aromatic rings. The molecule has 0 unspecified atom stereocenters. The van der Waals surface area contributed by atoms with Crippen molar-refractivity contribution < 1.29 is 4.79 Å². The van der Waals surface area contributed by atoms with E-state index in [-0.39, 0.29) is 5.91 Å². The molecule has 0 spiro atoms. The molecular formula is C8H12N4OS. The monoisotopic (exact) mass is 212 g/mol. The van der Waals surface area contributed by atoms with Gasteiger partial charge in [-0.3, -0.25) is 10.2 Å². The van der Waals surface area contributed by atoms with Gasteiger partial charge in [-0.1, -0.05) is 11.8 Å². The predicted octanol–water partition coefficient (Wildman–Crippen LogP) is 0.339. The molecule has 0 saturated carbocycles. The molecule has 0 aliphatic heterocycles. The number of hydrogen-bond acceptors (Lipinski definition) is 5. The summed E-state index contributed by atoms with van der Waals surface area (Å²) < 4.78 is 0. The second-order valence-corrected chi connectivity index (χ2v) is 3.61. The van der Waals surface area contributed by atoms with Crippen LogP contribution in [-0.4, -0.2) is 21.6 Å². The first-order valence-electron chi connectivity index (χ1n) is 4.22. The van der Waals surface area contributed by atoms with Crippen LogP contribution in [0.5, 0.6) is 0 Å². The fourth-order valence-electron chi connectivity index (χ4n) is 0.828. The Kier molecular flexibility index (Phi) is 4.95. The highest BCUT2D eigenvalue weighted by Gasteiger charge is 1.99.